The smallest absolute Gasteiger partial charge is 0.238 e. The van der Waals surface area contributed by atoms with Gasteiger partial charge < -0.3 is 5.11 Å². The van der Waals surface area contributed by atoms with E-state index in [9.17, 15) is 13.5 Å². The van der Waals surface area contributed by atoms with E-state index >= 15 is 0 Å². The molecule has 2 unspecified atom stereocenters. The summed E-state index contributed by atoms with van der Waals surface area (Å²) in [7, 11) is -3.77. The Hall–Kier alpha value is -0.950. The van der Waals surface area contributed by atoms with Crippen molar-refractivity contribution in [2.75, 3.05) is 13.1 Å². The van der Waals surface area contributed by atoms with Crippen molar-refractivity contribution in [3.05, 3.63) is 28.3 Å². The lowest BCUT2D eigenvalue weighted by Crippen LogP contribution is -2.36. The van der Waals surface area contributed by atoms with Crippen LogP contribution in [0.3, 0.4) is 0 Å². The monoisotopic (exact) mass is 354 g/mol. The number of likely N-dealkylation sites (tertiary alicyclic amines) is 1. The Balaban J connectivity index is 2.23. The molecule has 0 bridgehead atoms. The van der Waals surface area contributed by atoms with Crippen LogP contribution in [-0.4, -0.2) is 43.7 Å². The first kappa shape index (κ1) is 19.4. The number of hydrogen-bond donors (Lipinski definition) is 2. The normalized spacial score (nSPS) is 23.6. The summed E-state index contributed by atoms with van der Waals surface area (Å²) < 4.78 is 23.8. The molecule has 2 rings (SSSR count). The second kappa shape index (κ2) is 7.12. The van der Waals surface area contributed by atoms with Crippen molar-refractivity contribution in [1.29, 1.82) is 0 Å². The molecular formula is C18H30N2O3S. The maximum atomic E-state index is 11.9. The van der Waals surface area contributed by atoms with Crippen LogP contribution in [0.25, 0.3) is 0 Å². The van der Waals surface area contributed by atoms with E-state index in [2.05, 4.69) is 18.7 Å². The Bertz CT molecular complexity index is 715. The van der Waals surface area contributed by atoms with Crippen LogP contribution in [-0.2, 0) is 16.4 Å². The van der Waals surface area contributed by atoms with Gasteiger partial charge in [0.1, 0.15) is 0 Å². The van der Waals surface area contributed by atoms with Crippen LogP contribution in [0, 0.1) is 26.7 Å². The summed E-state index contributed by atoms with van der Waals surface area (Å²) in [6.45, 7) is 11.5. The van der Waals surface area contributed by atoms with E-state index in [4.69, 9.17) is 5.14 Å². The molecule has 24 heavy (non-hydrogen) atoms. The third-order valence-corrected chi connectivity index (χ3v) is 6.34. The summed E-state index contributed by atoms with van der Waals surface area (Å²) in [5.41, 5.74) is 3.21. The van der Waals surface area contributed by atoms with Gasteiger partial charge in [-0.25, -0.2) is 13.6 Å². The number of β-amino-alcohol motifs (C(OH)–C–C–N with tert-alkyl or cyclic N) is 1. The molecule has 3 atom stereocenters. The molecule has 1 heterocycles. The molecule has 0 aliphatic carbocycles. The molecule has 136 valence electrons. The van der Waals surface area contributed by atoms with Gasteiger partial charge in [0, 0.05) is 25.6 Å². The van der Waals surface area contributed by atoms with Crippen LogP contribution in [0.5, 0.6) is 0 Å². The van der Waals surface area contributed by atoms with E-state index in [0.29, 0.717) is 36.1 Å². The maximum Gasteiger partial charge on any atom is 0.238 e. The largest absolute Gasteiger partial charge is 0.391 e. The van der Waals surface area contributed by atoms with Crippen LogP contribution in [0.2, 0.25) is 0 Å². The van der Waals surface area contributed by atoms with Gasteiger partial charge in [0.15, 0.2) is 0 Å². The number of nitrogens with zero attached hydrogens (tertiary/aromatic N) is 1. The first-order valence-electron chi connectivity index (χ1n) is 8.55. The lowest BCUT2D eigenvalue weighted by atomic mass is 9.95. The molecule has 1 aromatic rings. The molecule has 1 aliphatic rings. The van der Waals surface area contributed by atoms with Crippen LogP contribution < -0.4 is 5.14 Å². The van der Waals surface area contributed by atoms with Crippen LogP contribution in [0.15, 0.2) is 11.0 Å². The van der Waals surface area contributed by atoms with Crippen molar-refractivity contribution < 1.29 is 13.5 Å². The Kier molecular flexibility index (Phi) is 5.75. The summed E-state index contributed by atoms with van der Waals surface area (Å²) in [5, 5.41) is 15.9. The molecule has 0 radical (unpaired) electrons. The van der Waals surface area contributed by atoms with Crippen molar-refractivity contribution in [1.82, 2.24) is 4.90 Å². The molecular weight excluding hydrogens is 324 g/mol. The molecule has 1 saturated heterocycles. The van der Waals surface area contributed by atoms with Crippen molar-refractivity contribution in [3.63, 3.8) is 0 Å². The van der Waals surface area contributed by atoms with Gasteiger partial charge in [0.05, 0.1) is 11.0 Å². The average molecular weight is 355 g/mol. The van der Waals surface area contributed by atoms with Crippen LogP contribution in [0.1, 0.15) is 42.5 Å². The number of aliphatic hydroxyl groups is 1. The van der Waals surface area contributed by atoms with E-state index in [1.165, 1.54) is 0 Å². The number of aliphatic hydroxyl groups excluding tert-OH is 1. The predicted octanol–water partition coefficient (Wildman–Crippen LogP) is 1.89. The number of benzene rings is 1. The van der Waals surface area contributed by atoms with E-state index in [1.807, 2.05) is 13.0 Å². The number of hydrogen-bond acceptors (Lipinski definition) is 4. The number of primary sulfonamides is 1. The Morgan fingerprint density at radius 2 is 1.92 bits per heavy atom. The Labute approximate surface area is 145 Å². The summed E-state index contributed by atoms with van der Waals surface area (Å²) in [5.74, 6) is 0.657. The highest BCUT2D eigenvalue weighted by Crippen LogP contribution is 2.27. The van der Waals surface area contributed by atoms with E-state index < -0.39 is 16.1 Å². The standard InChI is InChI=1S/C18H30N2O3S/c1-11-6-14(4)20(9-11)10-16(21)8-17-12(2)7-13(3)18(15(17)5)24(19,22)23/h7,11,14,16,21H,6,8-10H2,1-5H3,(H2,19,22,23)/t11?,14?,16-/m1/s1. The third kappa shape index (κ3) is 4.17. The maximum absolute atomic E-state index is 11.9. The van der Waals surface area contributed by atoms with Gasteiger partial charge in [-0.3, -0.25) is 4.90 Å². The highest BCUT2D eigenvalue weighted by molar-refractivity contribution is 7.89. The highest BCUT2D eigenvalue weighted by Gasteiger charge is 2.28. The third-order valence-electron chi connectivity index (χ3n) is 5.14. The van der Waals surface area contributed by atoms with Crippen molar-refractivity contribution in [2.24, 2.45) is 11.1 Å². The van der Waals surface area contributed by atoms with Crippen LogP contribution in [0.4, 0.5) is 0 Å². The summed E-state index contributed by atoms with van der Waals surface area (Å²) in [4.78, 5) is 2.51. The summed E-state index contributed by atoms with van der Waals surface area (Å²) >= 11 is 0. The second-order valence-electron chi connectivity index (χ2n) is 7.49. The van der Waals surface area contributed by atoms with Crippen molar-refractivity contribution in [3.8, 4) is 0 Å². The summed E-state index contributed by atoms with van der Waals surface area (Å²) in [6.07, 6.45) is 1.08. The van der Waals surface area contributed by atoms with Gasteiger partial charge in [-0.05, 0) is 62.3 Å². The van der Waals surface area contributed by atoms with Gasteiger partial charge >= 0.3 is 0 Å². The number of nitrogens with two attached hydrogens (primary N) is 1. The molecule has 6 heteroatoms. The first-order chi connectivity index (χ1) is 11.0. The van der Waals surface area contributed by atoms with Gasteiger partial charge in [-0.15, -0.1) is 0 Å². The first-order valence-corrected chi connectivity index (χ1v) is 10.1. The fourth-order valence-electron chi connectivity index (χ4n) is 4.17. The highest BCUT2D eigenvalue weighted by atomic mass is 32.2. The van der Waals surface area contributed by atoms with Crippen LogP contribution >= 0.6 is 0 Å². The lowest BCUT2D eigenvalue weighted by Gasteiger charge is -2.25. The molecule has 0 saturated carbocycles. The quantitative estimate of drug-likeness (QED) is 0.846. The topological polar surface area (TPSA) is 83.6 Å². The van der Waals surface area contributed by atoms with E-state index in [0.717, 1.165) is 24.1 Å². The molecule has 1 aromatic carbocycles. The SMILES string of the molecule is Cc1cc(C)c(S(N)(=O)=O)c(C)c1C[C@@H](O)CN1CC(C)CC1C. The van der Waals surface area contributed by atoms with E-state index in [-0.39, 0.29) is 4.90 Å². The van der Waals surface area contributed by atoms with Gasteiger partial charge in [0.25, 0.3) is 0 Å². The number of aryl methyl sites for hydroxylation is 2. The molecule has 3 N–H and O–H groups in total. The zero-order chi connectivity index (χ0) is 18.2. The minimum Gasteiger partial charge on any atom is -0.391 e. The zero-order valence-electron chi connectivity index (χ0n) is 15.3. The van der Waals surface area contributed by atoms with E-state index in [1.54, 1.807) is 13.8 Å². The average Bonchev–Trinajstić information content (AvgIpc) is 2.70. The molecule has 1 aliphatic heterocycles. The van der Waals surface area contributed by atoms with Gasteiger partial charge in [-0.2, -0.15) is 0 Å². The molecule has 0 amide bonds. The minimum atomic E-state index is -3.77. The number of sulfonamides is 1. The molecule has 1 fully saturated rings. The molecule has 0 spiro atoms. The van der Waals surface area contributed by atoms with Crippen molar-refractivity contribution >= 4 is 10.0 Å². The molecule has 0 aromatic heterocycles. The number of rotatable bonds is 5. The Morgan fingerprint density at radius 3 is 2.42 bits per heavy atom. The van der Waals surface area contributed by atoms with Gasteiger partial charge in [0.2, 0.25) is 10.0 Å². The summed E-state index contributed by atoms with van der Waals surface area (Å²) in [6, 6.07) is 2.32. The second-order valence-corrected chi connectivity index (χ2v) is 8.99. The van der Waals surface area contributed by atoms with Crippen molar-refractivity contribution in [2.45, 2.75) is 64.5 Å². The van der Waals surface area contributed by atoms with Gasteiger partial charge in [-0.1, -0.05) is 13.0 Å². The molecule has 5 nitrogen and oxygen atoms in total. The lowest BCUT2D eigenvalue weighted by molar-refractivity contribution is 0.108. The fraction of sp³-hybridized carbons (Fsp3) is 0.667. The predicted molar refractivity (Wildman–Crippen MR) is 96.6 cm³/mol. The Morgan fingerprint density at radius 1 is 1.29 bits per heavy atom. The fourth-order valence-corrected chi connectivity index (χ4v) is 5.23. The zero-order valence-corrected chi connectivity index (χ0v) is 16.2. The minimum absolute atomic E-state index is 0.193.